The molecule has 0 fully saturated rings. The van der Waals surface area contributed by atoms with Crippen molar-refractivity contribution in [1.29, 1.82) is 0 Å². The minimum atomic E-state index is -3.70. The maximum atomic E-state index is 12.4. The van der Waals surface area contributed by atoms with Crippen molar-refractivity contribution in [2.24, 2.45) is 5.73 Å². The number of sulfonamides is 1. The molecule has 0 saturated heterocycles. The van der Waals surface area contributed by atoms with Crippen LogP contribution in [-0.2, 0) is 16.6 Å². The molecule has 0 radical (unpaired) electrons. The van der Waals surface area contributed by atoms with Gasteiger partial charge in [0.25, 0.3) is 10.0 Å². The Morgan fingerprint density at radius 2 is 2.10 bits per heavy atom. The standard InChI is InChI=1S/C13H14BrN3O2S/c1-9-11(14)6-10(8-15)7-12(9)20(18,19)17-13-4-2-3-5-16-13/h2-7H,8,15H2,1H3,(H,16,17). The van der Waals surface area contributed by atoms with Crippen molar-refractivity contribution in [3.63, 3.8) is 0 Å². The van der Waals surface area contributed by atoms with Crippen LogP contribution in [-0.4, -0.2) is 13.4 Å². The Morgan fingerprint density at radius 3 is 2.70 bits per heavy atom. The van der Waals surface area contributed by atoms with Crippen LogP contribution < -0.4 is 10.5 Å². The molecular weight excluding hydrogens is 342 g/mol. The quantitative estimate of drug-likeness (QED) is 0.881. The second kappa shape index (κ2) is 5.90. The van der Waals surface area contributed by atoms with Crippen molar-refractivity contribution in [2.45, 2.75) is 18.4 Å². The fourth-order valence-electron chi connectivity index (χ4n) is 1.72. The number of hydrogen-bond donors (Lipinski definition) is 2. The molecule has 20 heavy (non-hydrogen) atoms. The van der Waals surface area contributed by atoms with Gasteiger partial charge in [0, 0.05) is 17.2 Å². The lowest BCUT2D eigenvalue weighted by atomic mass is 10.1. The van der Waals surface area contributed by atoms with Gasteiger partial charge in [-0.1, -0.05) is 22.0 Å². The minimum Gasteiger partial charge on any atom is -0.326 e. The molecule has 1 heterocycles. The first-order valence-corrected chi connectivity index (χ1v) is 8.14. The largest absolute Gasteiger partial charge is 0.326 e. The first-order chi connectivity index (χ1) is 9.44. The molecule has 106 valence electrons. The number of nitrogens with two attached hydrogens (primary N) is 1. The van der Waals surface area contributed by atoms with Crippen LogP contribution >= 0.6 is 15.9 Å². The molecule has 3 N–H and O–H groups in total. The number of aromatic nitrogens is 1. The summed E-state index contributed by atoms with van der Waals surface area (Å²) in [6.45, 7) is 2.00. The Morgan fingerprint density at radius 1 is 1.35 bits per heavy atom. The first-order valence-electron chi connectivity index (χ1n) is 5.87. The molecule has 2 aromatic rings. The summed E-state index contributed by atoms with van der Waals surface area (Å²) < 4.78 is 28.0. The highest BCUT2D eigenvalue weighted by atomic mass is 79.9. The molecule has 0 spiro atoms. The van der Waals surface area contributed by atoms with Gasteiger partial charge in [-0.25, -0.2) is 13.4 Å². The molecule has 0 amide bonds. The van der Waals surface area contributed by atoms with Gasteiger partial charge in [-0.15, -0.1) is 0 Å². The summed E-state index contributed by atoms with van der Waals surface area (Å²) in [5.74, 6) is 0.279. The number of nitrogens with zero attached hydrogens (tertiary/aromatic N) is 1. The van der Waals surface area contributed by atoms with E-state index in [1.165, 1.54) is 6.20 Å². The average Bonchev–Trinajstić information content (AvgIpc) is 2.42. The van der Waals surface area contributed by atoms with E-state index in [0.29, 0.717) is 10.0 Å². The van der Waals surface area contributed by atoms with Gasteiger partial charge in [0.2, 0.25) is 0 Å². The van der Waals surface area contributed by atoms with E-state index < -0.39 is 10.0 Å². The third-order valence-electron chi connectivity index (χ3n) is 2.79. The SMILES string of the molecule is Cc1c(Br)cc(CN)cc1S(=O)(=O)Nc1ccccn1. The second-order valence-electron chi connectivity index (χ2n) is 4.23. The Labute approximate surface area is 126 Å². The fourth-order valence-corrected chi connectivity index (χ4v) is 3.68. The lowest BCUT2D eigenvalue weighted by Crippen LogP contribution is -2.16. The summed E-state index contributed by atoms with van der Waals surface area (Å²) in [7, 11) is -3.70. The van der Waals surface area contributed by atoms with Gasteiger partial charge < -0.3 is 5.73 Å². The number of anilines is 1. The zero-order chi connectivity index (χ0) is 14.8. The molecule has 0 atom stereocenters. The summed E-state index contributed by atoms with van der Waals surface area (Å²) in [4.78, 5) is 4.15. The molecule has 0 saturated carbocycles. The smallest absolute Gasteiger partial charge is 0.263 e. The van der Waals surface area contributed by atoms with E-state index in [4.69, 9.17) is 5.73 Å². The molecule has 1 aromatic heterocycles. The predicted octanol–water partition coefficient (Wildman–Crippen LogP) is 2.41. The summed E-state index contributed by atoms with van der Waals surface area (Å²) in [6, 6.07) is 8.41. The Bertz CT molecular complexity index is 718. The topological polar surface area (TPSA) is 85.1 Å². The van der Waals surface area contributed by atoms with E-state index in [9.17, 15) is 8.42 Å². The van der Waals surface area contributed by atoms with E-state index in [1.54, 1.807) is 31.2 Å². The number of benzene rings is 1. The zero-order valence-electron chi connectivity index (χ0n) is 10.8. The Balaban J connectivity index is 2.47. The predicted molar refractivity (Wildman–Crippen MR) is 81.8 cm³/mol. The highest BCUT2D eigenvalue weighted by molar-refractivity contribution is 9.10. The highest BCUT2D eigenvalue weighted by Gasteiger charge is 2.19. The summed E-state index contributed by atoms with van der Waals surface area (Å²) >= 11 is 3.35. The lowest BCUT2D eigenvalue weighted by Gasteiger charge is -2.12. The zero-order valence-corrected chi connectivity index (χ0v) is 13.2. The lowest BCUT2D eigenvalue weighted by molar-refractivity contribution is 0.600. The van der Waals surface area contributed by atoms with E-state index in [1.807, 2.05) is 6.07 Å². The van der Waals surface area contributed by atoms with Gasteiger partial charge in [0.05, 0.1) is 4.90 Å². The van der Waals surface area contributed by atoms with Crippen molar-refractivity contribution in [3.05, 3.63) is 52.1 Å². The van der Waals surface area contributed by atoms with Crippen LogP contribution in [0.3, 0.4) is 0 Å². The average molecular weight is 356 g/mol. The number of pyridine rings is 1. The Hall–Kier alpha value is -1.44. The summed E-state index contributed by atoms with van der Waals surface area (Å²) in [6.07, 6.45) is 1.52. The minimum absolute atomic E-state index is 0.193. The third-order valence-corrected chi connectivity index (χ3v) is 5.09. The molecule has 7 heteroatoms. The van der Waals surface area contributed by atoms with E-state index >= 15 is 0 Å². The van der Waals surface area contributed by atoms with Gasteiger partial charge in [-0.2, -0.15) is 0 Å². The number of halogens is 1. The second-order valence-corrected chi connectivity index (χ2v) is 6.73. The van der Waals surface area contributed by atoms with Gasteiger partial charge in [0.1, 0.15) is 5.82 Å². The number of hydrogen-bond acceptors (Lipinski definition) is 4. The van der Waals surface area contributed by atoms with Crippen LogP contribution in [0.2, 0.25) is 0 Å². The number of nitrogens with one attached hydrogen (secondary N) is 1. The van der Waals surface area contributed by atoms with Crippen molar-refractivity contribution >= 4 is 31.8 Å². The van der Waals surface area contributed by atoms with E-state index in [0.717, 1.165) is 5.56 Å². The number of rotatable bonds is 4. The summed E-state index contributed by atoms with van der Waals surface area (Å²) in [5.41, 5.74) is 6.96. The molecule has 1 aromatic carbocycles. The van der Waals surface area contributed by atoms with Gasteiger partial charge in [-0.3, -0.25) is 4.72 Å². The molecule has 0 aliphatic carbocycles. The van der Waals surface area contributed by atoms with Crippen LogP contribution in [0.4, 0.5) is 5.82 Å². The van der Waals surface area contributed by atoms with Crippen LogP contribution in [0.25, 0.3) is 0 Å². The normalized spacial score (nSPS) is 11.3. The first kappa shape index (κ1) is 15.0. The molecule has 2 rings (SSSR count). The van der Waals surface area contributed by atoms with Gasteiger partial charge >= 0.3 is 0 Å². The van der Waals surface area contributed by atoms with Crippen LogP contribution in [0.1, 0.15) is 11.1 Å². The molecule has 0 aliphatic rings. The van der Waals surface area contributed by atoms with Gasteiger partial charge in [-0.05, 0) is 42.3 Å². The molecule has 0 unspecified atom stereocenters. The molecule has 0 aliphatic heterocycles. The maximum absolute atomic E-state index is 12.4. The van der Waals surface area contributed by atoms with Crippen molar-refractivity contribution in [1.82, 2.24) is 4.98 Å². The maximum Gasteiger partial charge on any atom is 0.263 e. The van der Waals surface area contributed by atoms with E-state index in [-0.39, 0.29) is 17.3 Å². The van der Waals surface area contributed by atoms with Crippen LogP contribution in [0, 0.1) is 6.92 Å². The van der Waals surface area contributed by atoms with E-state index in [2.05, 4.69) is 25.6 Å². The molecule has 5 nitrogen and oxygen atoms in total. The van der Waals surface area contributed by atoms with Crippen LogP contribution in [0.15, 0.2) is 45.9 Å². The summed E-state index contributed by atoms with van der Waals surface area (Å²) in [5, 5.41) is 0. The monoisotopic (exact) mass is 355 g/mol. The highest BCUT2D eigenvalue weighted by Crippen LogP contribution is 2.26. The van der Waals surface area contributed by atoms with Crippen molar-refractivity contribution < 1.29 is 8.42 Å². The third kappa shape index (κ3) is 3.17. The molecular formula is C13H14BrN3O2S. The van der Waals surface area contributed by atoms with Gasteiger partial charge in [0.15, 0.2) is 0 Å². The molecule has 0 bridgehead atoms. The van der Waals surface area contributed by atoms with Crippen molar-refractivity contribution in [3.8, 4) is 0 Å². The Kier molecular flexibility index (Phi) is 4.42. The van der Waals surface area contributed by atoms with Crippen molar-refractivity contribution in [2.75, 3.05) is 4.72 Å². The van der Waals surface area contributed by atoms with Crippen LogP contribution in [0.5, 0.6) is 0 Å². The fraction of sp³-hybridized carbons (Fsp3) is 0.154.